The summed E-state index contributed by atoms with van der Waals surface area (Å²) >= 11 is 0. The zero-order chi connectivity index (χ0) is 44.5. The zero-order valence-electron chi connectivity index (χ0n) is 38.1. The Balaban J connectivity index is 0.00000186. The van der Waals surface area contributed by atoms with E-state index in [1.165, 1.54) is 6.42 Å². The van der Waals surface area contributed by atoms with Crippen LogP contribution in [0.25, 0.3) is 0 Å². The maximum Gasteiger partial charge on any atom is 0.246 e. The second kappa shape index (κ2) is 17.8. The van der Waals surface area contributed by atoms with Crippen LogP contribution in [0.1, 0.15) is 133 Å². The van der Waals surface area contributed by atoms with Crippen LogP contribution in [-0.2, 0) is 28.8 Å². The Hall–Kier alpha value is -3.58. The molecule has 0 aromatic heterocycles. The predicted molar refractivity (Wildman–Crippen MR) is 231 cm³/mol. The number of carbonyl (C=O) groups excluding carboxylic acids is 6. The van der Waals surface area contributed by atoms with E-state index in [2.05, 4.69) is 72.1 Å². The molecule has 0 aromatic carbocycles. The molecule has 3 heterocycles. The molecular formula is C46H77N7O6. The highest BCUT2D eigenvalue weighted by Crippen LogP contribution is 2.88. The SMILES string of the molecule is C=C[C@@H]1C[C@]1(NC(=O)C1C[C@@]2(CN1C(=O)[C@@H](NC(=O)C(NC(=O)[C@@H]1CCCCN1C(C)C)C(C)(C)C)C(C)(C)C)C(C)(C)C21CCC1)C(=C)NN1CCCC1.C=O.C=O. The molecule has 2 unspecified atom stereocenters. The lowest BCUT2D eigenvalue weighted by Gasteiger charge is -2.40. The summed E-state index contributed by atoms with van der Waals surface area (Å²) in [7, 11) is 0. The topological polar surface area (TPSA) is 160 Å². The Morgan fingerprint density at radius 1 is 0.746 bits per heavy atom. The van der Waals surface area contributed by atoms with Crippen molar-refractivity contribution in [3.8, 4) is 0 Å². The van der Waals surface area contributed by atoms with Gasteiger partial charge in [0.15, 0.2) is 0 Å². The maximum absolute atomic E-state index is 15.2. The second-order valence-corrected chi connectivity index (χ2v) is 21.1. The Labute approximate surface area is 354 Å². The van der Waals surface area contributed by atoms with E-state index >= 15 is 4.79 Å². The summed E-state index contributed by atoms with van der Waals surface area (Å²) in [6.07, 6.45) is 11.6. The second-order valence-electron chi connectivity index (χ2n) is 21.1. The zero-order valence-corrected chi connectivity index (χ0v) is 38.1. The van der Waals surface area contributed by atoms with Gasteiger partial charge in [-0.2, -0.15) is 0 Å². The molecule has 3 aliphatic heterocycles. The van der Waals surface area contributed by atoms with Crippen molar-refractivity contribution in [3.63, 3.8) is 0 Å². The fraction of sp³-hybridized carbons (Fsp3) is 0.783. The summed E-state index contributed by atoms with van der Waals surface area (Å²) in [5, 5.41) is 11.9. The minimum Gasteiger partial charge on any atom is -0.343 e. The van der Waals surface area contributed by atoms with Crippen LogP contribution < -0.4 is 21.4 Å². The van der Waals surface area contributed by atoms with E-state index in [-0.39, 0.29) is 57.9 Å². The average Bonchev–Trinajstić information content (AvgIpc) is 3.65. The van der Waals surface area contributed by atoms with E-state index in [9.17, 15) is 14.4 Å². The first kappa shape index (κ1) is 48.1. The Kier molecular flexibility index (Phi) is 14.5. The molecule has 4 N–H and O–H groups in total. The molecule has 6 rings (SSSR count). The number of rotatable bonds is 12. The molecule has 13 heteroatoms. The van der Waals surface area contributed by atoms with Crippen molar-refractivity contribution >= 4 is 37.2 Å². The fourth-order valence-electron chi connectivity index (χ4n) is 11.4. The van der Waals surface area contributed by atoms with Gasteiger partial charge < -0.3 is 35.9 Å². The van der Waals surface area contributed by atoms with Gasteiger partial charge in [0.2, 0.25) is 23.6 Å². The van der Waals surface area contributed by atoms with Crippen molar-refractivity contribution in [2.24, 2.45) is 33.0 Å². The molecule has 3 saturated heterocycles. The van der Waals surface area contributed by atoms with Gasteiger partial charge in [0, 0.05) is 42.7 Å². The van der Waals surface area contributed by atoms with Crippen molar-refractivity contribution in [1.82, 2.24) is 36.2 Å². The first-order valence-electron chi connectivity index (χ1n) is 22.0. The van der Waals surface area contributed by atoms with Crippen molar-refractivity contribution < 1.29 is 28.8 Å². The molecule has 13 nitrogen and oxygen atoms in total. The molecule has 3 saturated carbocycles. The van der Waals surface area contributed by atoms with E-state index in [4.69, 9.17) is 9.59 Å². The van der Waals surface area contributed by atoms with Crippen LogP contribution in [0.15, 0.2) is 24.9 Å². The highest BCUT2D eigenvalue weighted by atomic mass is 16.2. The molecule has 4 amide bonds. The predicted octanol–water partition coefficient (Wildman–Crippen LogP) is 4.91. The van der Waals surface area contributed by atoms with Crippen molar-refractivity contribution in [2.45, 2.75) is 169 Å². The number of hydrazine groups is 1. The van der Waals surface area contributed by atoms with Crippen LogP contribution in [0.4, 0.5) is 0 Å². The molecule has 7 atom stereocenters. The fourth-order valence-corrected chi connectivity index (χ4v) is 11.4. The van der Waals surface area contributed by atoms with Gasteiger partial charge in [-0.05, 0) is 93.4 Å². The van der Waals surface area contributed by atoms with Gasteiger partial charge in [-0.3, -0.25) is 24.1 Å². The third kappa shape index (κ3) is 8.66. The van der Waals surface area contributed by atoms with Crippen molar-refractivity contribution in [2.75, 3.05) is 26.2 Å². The number of nitrogens with one attached hydrogen (secondary N) is 4. The van der Waals surface area contributed by atoms with E-state index < -0.39 is 34.5 Å². The molecular weight excluding hydrogens is 747 g/mol. The van der Waals surface area contributed by atoms with E-state index in [1.807, 2.05) is 66.1 Å². The smallest absolute Gasteiger partial charge is 0.246 e. The number of likely N-dealkylation sites (tertiary alicyclic amines) is 2. The minimum absolute atomic E-state index is 0.0152. The van der Waals surface area contributed by atoms with Crippen molar-refractivity contribution in [1.29, 1.82) is 0 Å². The van der Waals surface area contributed by atoms with Crippen LogP contribution >= 0.6 is 0 Å². The Morgan fingerprint density at radius 2 is 1.32 bits per heavy atom. The van der Waals surface area contributed by atoms with Crippen molar-refractivity contribution in [3.05, 3.63) is 24.9 Å². The standard InChI is InChI=1S/C44H73N7O4.2CH2O/c1-13-30-25-44(30,29(4)48-49-22-16-17-23-49)47-36(53)32-26-43(41(11,12)42(43)20-18-21-42)27-51(32)38(55)34(40(8,9)10)46-37(54)33(39(5,6)7)45-35(52)31-19-14-15-24-50(31)28(2)3;2*1-2/h13,28,30-34,48H,1,4,14-27H2,2-3,5-12H3,(H,45,52)(H,46,54)(H,47,53);2*1H2/t30-,31+,32?,33?,34-,43-,44+;;/m1../s1. The number of hydrogen-bond acceptors (Lipinski definition) is 9. The summed E-state index contributed by atoms with van der Waals surface area (Å²) in [5.74, 6) is -0.896. The van der Waals surface area contributed by atoms with Crippen LogP contribution in [-0.4, -0.2) is 114 Å². The van der Waals surface area contributed by atoms with Gasteiger partial charge in [-0.15, -0.1) is 6.58 Å². The largest absolute Gasteiger partial charge is 0.343 e. The molecule has 0 radical (unpaired) electrons. The van der Waals surface area contributed by atoms with E-state index in [1.54, 1.807) is 0 Å². The average molecular weight is 824 g/mol. The lowest BCUT2D eigenvalue weighted by atomic mass is 9.73. The lowest BCUT2D eigenvalue weighted by Crippen LogP contribution is -2.64. The van der Waals surface area contributed by atoms with Gasteiger partial charge in [-0.25, -0.2) is 5.01 Å². The van der Waals surface area contributed by atoms with Crippen LogP contribution in [0.2, 0.25) is 0 Å². The van der Waals surface area contributed by atoms with Crippen LogP contribution in [0.3, 0.4) is 0 Å². The van der Waals surface area contributed by atoms with Gasteiger partial charge >= 0.3 is 0 Å². The minimum atomic E-state index is -0.921. The first-order chi connectivity index (χ1) is 27.6. The quantitative estimate of drug-likeness (QED) is 0.201. The molecule has 0 aromatic rings. The van der Waals surface area contributed by atoms with Crippen LogP contribution in [0.5, 0.6) is 0 Å². The van der Waals surface area contributed by atoms with Gasteiger partial charge in [0.05, 0.1) is 11.6 Å². The highest BCUT2D eigenvalue weighted by molar-refractivity contribution is 5.96. The number of hydrogen-bond donors (Lipinski definition) is 4. The normalized spacial score (nSPS) is 30.4. The molecule has 2 spiro atoms. The summed E-state index contributed by atoms with van der Waals surface area (Å²) in [5.41, 5.74) is 2.20. The number of nitrogens with zero attached hydrogens (tertiary/aromatic N) is 3. The van der Waals surface area contributed by atoms with Gasteiger partial charge in [0.25, 0.3) is 0 Å². The summed E-state index contributed by atoms with van der Waals surface area (Å²) < 4.78 is 0. The lowest BCUT2D eigenvalue weighted by molar-refractivity contribution is -0.145. The third-order valence-corrected chi connectivity index (χ3v) is 15.3. The molecule has 3 aliphatic carbocycles. The van der Waals surface area contributed by atoms with Crippen LogP contribution in [0, 0.1) is 33.0 Å². The molecule has 0 bridgehead atoms. The third-order valence-electron chi connectivity index (χ3n) is 15.3. The van der Waals surface area contributed by atoms with Gasteiger partial charge in [-0.1, -0.05) is 80.9 Å². The summed E-state index contributed by atoms with van der Waals surface area (Å²) in [6.45, 7) is 36.2. The number of fused-ring (bicyclic) bond motifs is 1. The first-order valence-corrected chi connectivity index (χ1v) is 22.0. The van der Waals surface area contributed by atoms with E-state index in [0.29, 0.717) is 19.4 Å². The molecule has 59 heavy (non-hydrogen) atoms. The number of carbonyl (C=O) groups is 6. The van der Waals surface area contributed by atoms with E-state index in [0.717, 1.165) is 70.3 Å². The summed E-state index contributed by atoms with van der Waals surface area (Å²) in [4.78, 5) is 78.4. The molecule has 332 valence electrons. The summed E-state index contributed by atoms with van der Waals surface area (Å²) in [6, 6.07) is -2.57. The maximum atomic E-state index is 15.2. The highest BCUT2D eigenvalue weighted by Gasteiger charge is 2.85. The molecule has 6 aliphatic rings. The monoisotopic (exact) mass is 824 g/mol. The van der Waals surface area contributed by atoms with Gasteiger partial charge in [0.1, 0.15) is 31.7 Å². The molecule has 6 fully saturated rings. The Bertz CT molecular complexity index is 1590. The number of piperidine rings is 1. The number of amides is 4. The Morgan fingerprint density at radius 3 is 1.80 bits per heavy atom.